The van der Waals surface area contributed by atoms with Crippen molar-refractivity contribution in [3.8, 4) is 5.75 Å². The molecule has 0 bridgehead atoms. The topological polar surface area (TPSA) is 72.6 Å². The summed E-state index contributed by atoms with van der Waals surface area (Å²) in [7, 11) is 0. The van der Waals surface area contributed by atoms with Gasteiger partial charge in [-0.2, -0.15) is 0 Å². The van der Waals surface area contributed by atoms with E-state index in [0.29, 0.717) is 6.42 Å². The Balaban J connectivity index is 2.85. The molecule has 7 heteroatoms. The minimum Gasteiger partial charge on any atom is -0.480 e. The Labute approximate surface area is 120 Å². The van der Waals surface area contributed by atoms with Crippen LogP contribution in [0.5, 0.6) is 5.75 Å². The summed E-state index contributed by atoms with van der Waals surface area (Å²) in [5.41, 5.74) is 5.05. The van der Waals surface area contributed by atoms with E-state index in [4.69, 9.17) is 10.8 Å². The van der Waals surface area contributed by atoms with Crippen molar-refractivity contribution in [1.82, 2.24) is 0 Å². The van der Waals surface area contributed by atoms with Crippen LogP contribution in [-0.2, 0) is 4.79 Å². The molecule has 0 aliphatic heterocycles. The Bertz CT molecular complexity index is 483. The van der Waals surface area contributed by atoms with Gasteiger partial charge in [-0.25, -0.2) is 0 Å². The standard InChI is InChI=1S/C14H18F3NO3/c1-3-9(8-13(2,18)12(19)20)10-4-6-11(7-5-10)21-14(15,16)17/h4-7,9H,3,8,18H2,1-2H3,(H,19,20). The summed E-state index contributed by atoms with van der Waals surface area (Å²) in [5, 5.41) is 9.03. The molecule has 4 nitrogen and oxygen atoms in total. The van der Waals surface area contributed by atoms with Crippen LogP contribution in [0.25, 0.3) is 0 Å². The molecule has 0 radical (unpaired) electrons. The summed E-state index contributed by atoms with van der Waals surface area (Å²) < 4.78 is 40.0. The molecule has 0 aromatic heterocycles. The number of carboxylic acid groups (broad SMARTS) is 1. The van der Waals surface area contributed by atoms with Crippen LogP contribution < -0.4 is 10.5 Å². The third-order valence-electron chi connectivity index (χ3n) is 3.24. The quantitative estimate of drug-likeness (QED) is 0.846. The number of hydrogen-bond acceptors (Lipinski definition) is 3. The molecule has 0 saturated carbocycles. The van der Waals surface area contributed by atoms with Crippen molar-refractivity contribution >= 4 is 5.97 Å². The maximum absolute atomic E-state index is 12.1. The van der Waals surface area contributed by atoms with E-state index in [1.807, 2.05) is 6.92 Å². The Morgan fingerprint density at radius 3 is 2.24 bits per heavy atom. The molecule has 2 unspecified atom stereocenters. The maximum Gasteiger partial charge on any atom is 0.573 e. The molecule has 0 fully saturated rings. The van der Waals surface area contributed by atoms with Crippen LogP contribution in [0.3, 0.4) is 0 Å². The third kappa shape index (κ3) is 5.26. The summed E-state index contributed by atoms with van der Waals surface area (Å²) in [5.74, 6) is -1.58. The second-order valence-corrected chi connectivity index (χ2v) is 5.15. The van der Waals surface area contributed by atoms with Crippen molar-refractivity contribution in [3.63, 3.8) is 0 Å². The number of carbonyl (C=O) groups is 1. The van der Waals surface area contributed by atoms with Crippen LogP contribution in [0.4, 0.5) is 13.2 Å². The van der Waals surface area contributed by atoms with Crippen LogP contribution in [0, 0.1) is 0 Å². The highest BCUT2D eigenvalue weighted by Gasteiger charge is 2.32. The minimum atomic E-state index is -4.73. The molecule has 0 aliphatic carbocycles. The molecule has 3 N–H and O–H groups in total. The van der Waals surface area contributed by atoms with Gasteiger partial charge in [0.15, 0.2) is 0 Å². The summed E-state index contributed by atoms with van der Waals surface area (Å²) in [6, 6.07) is 5.40. The predicted octanol–water partition coefficient (Wildman–Crippen LogP) is 3.27. The molecule has 118 valence electrons. The first kappa shape index (κ1) is 17.3. The van der Waals surface area contributed by atoms with Crippen LogP contribution in [0.15, 0.2) is 24.3 Å². The Morgan fingerprint density at radius 2 is 1.86 bits per heavy atom. The zero-order chi connectivity index (χ0) is 16.3. The third-order valence-corrected chi connectivity index (χ3v) is 3.24. The predicted molar refractivity (Wildman–Crippen MR) is 71.0 cm³/mol. The molecule has 2 atom stereocenters. The van der Waals surface area contributed by atoms with Crippen LogP contribution in [-0.4, -0.2) is 23.0 Å². The zero-order valence-electron chi connectivity index (χ0n) is 11.8. The lowest BCUT2D eigenvalue weighted by atomic mass is 9.84. The molecule has 1 aromatic rings. The number of nitrogens with two attached hydrogens (primary N) is 1. The number of hydrogen-bond donors (Lipinski definition) is 2. The van der Waals surface area contributed by atoms with Crippen molar-refractivity contribution in [1.29, 1.82) is 0 Å². The lowest BCUT2D eigenvalue weighted by Gasteiger charge is -2.25. The Hall–Kier alpha value is -1.76. The van der Waals surface area contributed by atoms with Gasteiger partial charge in [0.2, 0.25) is 0 Å². The van der Waals surface area contributed by atoms with E-state index in [-0.39, 0.29) is 18.1 Å². The van der Waals surface area contributed by atoms with E-state index in [9.17, 15) is 18.0 Å². The fourth-order valence-electron chi connectivity index (χ4n) is 2.04. The molecule has 0 saturated heterocycles. The van der Waals surface area contributed by atoms with Crippen LogP contribution in [0.1, 0.15) is 38.2 Å². The first-order valence-electron chi connectivity index (χ1n) is 6.43. The van der Waals surface area contributed by atoms with Gasteiger partial charge in [0.25, 0.3) is 0 Å². The highest BCUT2D eigenvalue weighted by atomic mass is 19.4. The average molecular weight is 305 g/mol. The maximum atomic E-state index is 12.1. The molecule has 0 amide bonds. The monoisotopic (exact) mass is 305 g/mol. The summed E-state index contributed by atoms with van der Waals surface area (Å²) in [4.78, 5) is 11.0. The van der Waals surface area contributed by atoms with Gasteiger partial charge in [-0.3, -0.25) is 4.79 Å². The van der Waals surface area contributed by atoms with E-state index in [2.05, 4.69) is 4.74 Å². The molecular formula is C14H18F3NO3. The van der Waals surface area contributed by atoms with Gasteiger partial charge in [0, 0.05) is 0 Å². The highest BCUT2D eigenvalue weighted by molar-refractivity contribution is 5.77. The molecule has 0 aliphatic rings. The average Bonchev–Trinajstić information content (AvgIpc) is 2.35. The normalized spacial score (nSPS) is 16.1. The van der Waals surface area contributed by atoms with E-state index in [0.717, 1.165) is 5.56 Å². The number of benzene rings is 1. The summed E-state index contributed by atoms with van der Waals surface area (Å²) in [6.45, 7) is 3.28. The smallest absolute Gasteiger partial charge is 0.480 e. The van der Waals surface area contributed by atoms with Gasteiger partial charge in [-0.15, -0.1) is 13.2 Å². The van der Waals surface area contributed by atoms with Gasteiger partial charge in [0.1, 0.15) is 11.3 Å². The number of aliphatic carboxylic acids is 1. The molecular weight excluding hydrogens is 287 g/mol. The fourth-order valence-corrected chi connectivity index (χ4v) is 2.04. The zero-order valence-corrected chi connectivity index (χ0v) is 11.8. The van der Waals surface area contributed by atoms with Crippen molar-refractivity contribution in [2.45, 2.75) is 44.5 Å². The SMILES string of the molecule is CCC(CC(C)(N)C(=O)O)c1ccc(OC(F)(F)F)cc1. The van der Waals surface area contributed by atoms with Gasteiger partial charge < -0.3 is 15.6 Å². The van der Waals surface area contributed by atoms with Gasteiger partial charge >= 0.3 is 12.3 Å². The van der Waals surface area contributed by atoms with E-state index >= 15 is 0 Å². The number of rotatable bonds is 6. The van der Waals surface area contributed by atoms with Crippen LogP contribution >= 0.6 is 0 Å². The minimum absolute atomic E-state index is 0.156. The van der Waals surface area contributed by atoms with Crippen LogP contribution in [0.2, 0.25) is 0 Å². The van der Waals surface area contributed by atoms with Crippen molar-refractivity contribution in [3.05, 3.63) is 29.8 Å². The first-order chi connectivity index (χ1) is 9.55. The summed E-state index contributed by atoms with van der Waals surface area (Å²) in [6.07, 6.45) is -3.91. The number of alkyl halides is 3. The Morgan fingerprint density at radius 1 is 1.33 bits per heavy atom. The van der Waals surface area contributed by atoms with Gasteiger partial charge in [0.05, 0.1) is 0 Å². The second kappa shape index (κ2) is 6.34. The van der Waals surface area contributed by atoms with E-state index in [1.165, 1.54) is 31.2 Å². The van der Waals surface area contributed by atoms with Gasteiger partial charge in [-0.1, -0.05) is 19.1 Å². The lowest BCUT2D eigenvalue weighted by Crippen LogP contribution is -2.45. The molecule has 1 aromatic carbocycles. The van der Waals surface area contributed by atoms with E-state index < -0.39 is 17.9 Å². The van der Waals surface area contributed by atoms with E-state index in [1.54, 1.807) is 0 Å². The molecule has 21 heavy (non-hydrogen) atoms. The first-order valence-corrected chi connectivity index (χ1v) is 6.43. The van der Waals surface area contributed by atoms with Crippen molar-refractivity contribution in [2.75, 3.05) is 0 Å². The molecule has 0 heterocycles. The number of halogens is 3. The lowest BCUT2D eigenvalue weighted by molar-refractivity contribution is -0.274. The molecule has 1 rings (SSSR count). The second-order valence-electron chi connectivity index (χ2n) is 5.15. The van der Waals surface area contributed by atoms with Crippen molar-refractivity contribution < 1.29 is 27.8 Å². The Kier molecular flexibility index (Phi) is 5.22. The fraction of sp³-hybridized carbons (Fsp3) is 0.500. The number of ether oxygens (including phenoxy) is 1. The highest BCUT2D eigenvalue weighted by Crippen LogP contribution is 2.30. The largest absolute Gasteiger partial charge is 0.573 e. The van der Waals surface area contributed by atoms with Crippen molar-refractivity contribution in [2.24, 2.45) is 5.73 Å². The summed E-state index contributed by atoms with van der Waals surface area (Å²) >= 11 is 0. The number of carboxylic acids is 1. The molecule has 0 spiro atoms. The van der Waals surface area contributed by atoms with Gasteiger partial charge in [-0.05, 0) is 43.4 Å².